The lowest BCUT2D eigenvalue weighted by Crippen LogP contribution is -2.32. The van der Waals surface area contributed by atoms with Crippen LogP contribution in [0.2, 0.25) is 0 Å². The summed E-state index contributed by atoms with van der Waals surface area (Å²) in [6.07, 6.45) is 2.51. The van der Waals surface area contributed by atoms with Crippen molar-refractivity contribution in [3.63, 3.8) is 0 Å². The predicted octanol–water partition coefficient (Wildman–Crippen LogP) is 4.59. The zero-order valence-electron chi connectivity index (χ0n) is 16.0. The molecule has 1 aliphatic rings. The van der Waals surface area contributed by atoms with Gasteiger partial charge in [0.1, 0.15) is 0 Å². The molecule has 0 radical (unpaired) electrons. The average molecular weight is 351 g/mol. The van der Waals surface area contributed by atoms with Crippen molar-refractivity contribution >= 4 is 23.0 Å². The van der Waals surface area contributed by atoms with Crippen molar-refractivity contribution in [1.82, 2.24) is 0 Å². The number of nitrogens with zero attached hydrogens (tertiary/aromatic N) is 1. The molecule has 1 saturated heterocycles. The number of nitrogens with one attached hydrogen (secondary N) is 2. The molecule has 0 bridgehead atoms. The molecule has 4 heteroatoms. The number of amides is 1. The number of aryl methyl sites for hydroxylation is 2. The first kappa shape index (κ1) is 18.3. The van der Waals surface area contributed by atoms with Crippen molar-refractivity contribution in [2.24, 2.45) is 5.92 Å². The minimum absolute atomic E-state index is 0.0366. The summed E-state index contributed by atoms with van der Waals surface area (Å²) in [5.74, 6) is 0.791. The van der Waals surface area contributed by atoms with Crippen LogP contribution in [-0.2, 0) is 4.79 Å². The van der Waals surface area contributed by atoms with E-state index in [-0.39, 0.29) is 12.5 Å². The number of carbonyl (C=O) groups is 1. The van der Waals surface area contributed by atoms with E-state index in [2.05, 4.69) is 59.7 Å². The fraction of sp³-hybridized carbons (Fsp3) is 0.409. The summed E-state index contributed by atoms with van der Waals surface area (Å²) in [7, 11) is 0. The second-order valence-electron chi connectivity index (χ2n) is 7.44. The Morgan fingerprint density at radius 3 is 2.46 bits per heavy atom. The van der Waals surface area contributed by atoms with Crippen LogP contribution in [0.4, 0.5) is 17.1 Å². The first-order valence-corrected chi connectivity index (χ1v) is 9.47. The van der Waals surface area contributed by atoms with Gasteiger partial charge in [-0.1, -0.05) is 19.1 Å². The summed E-state index contributed by atoms with van der Waals surface area (Å²) in [6.45, 7) is 8.91. The molecule has 0 saturated carbocycles. The zero-order valence-corrected chi connectivity index (χ0v) is 16.0. The summed E-state index contributed by atoms with van der Waals surface area (Å²) >= 11 is 0. The van der Waals surface area contributed by atoms with Gasteiger partial charge in [-0.15, -0.1) is 0 Å². The predicted molar refractivity (Wildman–Crippen MR) is 110 cm³/mol. The lowest BCUT2D eigenvalue weighted by molar-refractivity contribution is -0.114. The molecule has 2 aromatic carbocycles. The first-order valence-electron chi connectivity index (χ1n) is 9.47. The molecule has 26 heavy (non-hydrogen) atoms. The zero-order chi connectivity index (χ0) is 18.5. The number of hydrogen-bond donors (Lipinski definition) is 2. The van der Waals surface area contributed by atoms with Crippen molar-refractivity contribution in [3.05, 3.63) is 53.6 Å². The Morgan fingerprint density at radius 2 is 1.77 bits per heavy atom. The summed E-state index contributed by atoms with van der Waals surface area (Å²) in [5, 5.41) is 6.18. The molecule has 4 nitrogen and oxygen atoms in total. The number of rotatable bonds is 5. The van der Waals surface area contributed by atoms with E-state index < -0.39 is 0 Å². The highest BCUT2D eigenvalue weighted by Gasteiger charge is 2.15. The molecule has 2 N–H and O–H groups in total. The molecule has 0 aliphatic carbocycles. The van der Waals surface area contributed by atoms with Gasteiger partial charge in [0, 0.05) is 30.2 Å². The van der Waals surface area contributed by atoms with Gasteiger partial charge in [0.05, 0.1) is 6.54 Å². The second-order valence-corrected chi connectivity index (χ2v) is 7.44. The van der Waals surface area contributed by atoms with Crippen LogP contribution >= 0.6 is 0 Å². The van der Waals surface area contributed by atoms with Crippen LogP contribution in [0.25, 0.3) is 0 Å². The highest BCUT2D eigenvalue weighted by molar-refractivity contribution is 5.94. The van der Waals surface area contributed by atoms with Gasteiger partial charge in [0.15, 0.2) is 0 Å². The maximum atomic E-state index is 12.2. The third kappa shape index (κ3) is 4.78. The summed E-state index contributed by atoms with van der Waals surface area (Å²) in [6, 6.07) is 14.4. The van der Waals surface area contributed by atoms with Gasteiger partial charge in [0.25, 0.3) is 0 Å². The van der Waals surface area contributed by atoms with Crippen LogP contribution in [-0.4, -0.2) is 25.5 Å². The van der Waals surface area contributed by atoms with E-state index >= 15 is 0 Å². The monoisotopic (exact) mass is 351 g/mol. The number of anilines is 3. The van der Waals surface area contributed by atoms with Crippen LogP contribution < -0.4 is 15.5 Å². The topological polar surface area (TPSA) is 44.4 Å². The molecule has 138 valence electrons. The minimum Gasteiger partial charge on any atom is -0.376 e. The number of piperidine rings is 1. The highest BCUT2D eigenvalue weighted by Crippen LogP contribution is 2.24. The van der Waals surface area contributed by atoms with Crippen molar-refractivity contribution in [2.75, 3.05) is 35.2 Å². The van der Waals surface area contributed by atoms with E-state index in [4.69, 9.17) is 0 Å². The Balaban J connectivity index is 1.52. The molecule has 0 atom stereocenters. The van der Waals surface area contributed by atoms with Crippen LogP contribution in [0.5, 0.6) is 0 Å². The lowest BCUT2D eigenvalue weighted by atomic mass is 9.99. The molecule has 0 aromatic heterocycles. The maximum absolute atomic E-state index is 12.2. The third-order valence-electron chi connectivity index (χ3n) is 5.13. The Morgan fingerprint density at radius 1 is 1.08 bits per heavy atom. The van der Waals surface area contributed by atoms with E-state index in [1.165, 1.54) is 24.1 Å². The average Bonchev–Trinajstić information content (AvgIpc) is 2.64. The van der Waals surface area contributed by atoms with Crippen molar-refractivity contribution < 1.29 is 4.79 Å². The van der Waals surface area contributed by atoms with E-state index in [0.29, 0.717) is 0 Å². The molecule has 1 aliphatic heterocycles. The van der Waals surface area contributed by atoms with E-state index in [1.54, 1.807) is 0 Å². The van der Waals surface area contributed by atoms with Gasteiger partial charge in [-0.05, 0) is 74.1 Å². The maximum Gasteiger partial charge on any atom is 0.243 e. The van der Waals surface area contributed by atoms with Gasteiger partial charge in [-0.3, -0.25) is 4.79 Å². The Bertz CT molecular complexity index is 746. The Kier molecular flexibility index (Phi) is 5.82. The minimum atomic E-state index is -0.0366. The number of benzene rings is 2. The van der Waals surface area contributed by atoms with Crippen LogP contribution in [0, 0.1) is 19.8 Å². The first-order chi connectivity index (χ1) is 12.5. The standard InChI is InChI=1S/C22H29N3O/c1-16-10-12-25(13-11-16)20-8-6-19(7-9-20)24-22(26)15-23-21-14-17(2)4-5-18(21)3/h4-9,14,16,23H,10-13,15H2,1-3H3,(H,24,26). The normalized spacial score (nSPS) is 15.0. The molecular formula is C22H29N3O. The molecule has 2 aromatic rings. The van der Waals surface area contributed by atoms with Gasteiger partial charge in [0.2, 0.25) is 5.91 Å². The molecule has 0 spiro atoms. The van der Waals surface area contributed by atoms with Crippen LogP contribution in [0.15, 0.2) is 42.5 Å². The smallest absolute Gasteiger partial charge is 0.243 e. The van der Waals surface area contributed by atoms with Crippen LogP contribution in [0.1, 0.15) is 30.9 Å². The van der Waals surface area contributed by atoms with Gasteiger partial charge >= 0.3 is 0 Å². The summed E-state index contributed by atoms with van der Waals surface area (Å²) < 4.78 is 0. The molecular weight excluding hydrogens is 322 g/mol. The van der Waals surface area contributed by atoms with Crippen molar-refractivity contribution in [2.45, 2.75) is 33.6 Å². The molecule has 1 amide bonds. The van der Waals surface area contributed by atoms with E-state index in [9.17, 15) is 4.79 Å². The van der Waals surface area contributed by atoms with Gasteiger partial charge in [-0.2, -0.15) is 0 Å². The van der Waals surface area contributed by atoms with Gasteiger partial charge < -0.3 is 15.5 Å². The fourth-order valence-electron chi connectivity index (χ4n) is 3.33. The Hall–Kier alpha value is -2.49. The van der Waals surface area contributed by atoms with E-state index in [1.807, 2.05) is 19.1 Å². The highest BCUT2D eigenvalue weighted by atomic mass is 16.1. The third-order valence-corrected chi connectivity index (χ3v) is 5.13. The molecule has 3 rings (SSSR count). The molecule has 1 fully saturated rings. The van der Waals surface area contributed by atoms with Crippen molar-refractivity contribution in [1.29, 1.82) is 0 Å². The second kappa shape index (κ2) is 8.26. The quantitative estimate of drug-likeness (QED) is 0.828. The van der Waals surface area contributed by atoms with E-state index in [0.717, 1.165) is 35.9 Å². The summed E-state index contributed by atoms with van der Waals surface area (Å²) in [4.78, 5) is 14.6. The van der Waals surface area contributed by atoms with Crippen LogP contribution in [0.3, 0.4) is 0 Å². The van der Waals surface area contributed by atoms with Crippen molar-refractivity contribution in [3.8, 4) is 0 Å². The van der Waals surface area contributed by atoms with Gasteiger partial charge in [-0.25, -0.2) is 0 Å². The summed E-state index contributed by atoms with van der Waals surface area (Å²) in [5.41, 5.74) is 5.41. The number of hydrogen-bond acceptors (Lipinski definition) is 3. The molecule has 0 unspecified atom stereocenters. The Labute approximate surface area is 156 Å². The largest absolute Gasteiger partial charge is 0.376 e. The molecule has 1 heterocycles. The fourth-order valence-corrected chi connectivity index (χ4v) is 3.33. The SMILES string of the molecule is Cc1ccc(C)c(NCC(=O)Nc2ccc(N3CCC(C)CC3)cc2)c1. The number of carbonyl (C=O) groups excluding carboxylic acids is 1. The lowest BCUT2D eigenvalue weighted by Gasteiger charge is -2.32.